The Balaban J connectivity index is 2.86. The third kappa shape index (κ3) is 3.79. The fraction of sp³-hybridized carbons (Fsp3) is 0.917. The molecule has 22 heavy (non-hydrogen) atoms. The van der Waals surface area contributed by atoms with E-state index in [0.717, 1.165) is 6.92 Å². The molecular formula is C12H22O10. The maximum atomic E-state index is 12.0. The van der Waals surface area contributed by atoms with Crippen LogP contribution in [0.25, 0.3) is 0 Å². The van der Waals surface area contributed by atoms with Gasteiger partial charge in [-0.25, -0.2) is 0 Å². The van der Waals surface area contributed by atoms with Crippen LogP contribution in [0.4, 0.5) is 0 Å². The van der Waals surface area contributed by atoms with E-state index < -0.39 is 67.3 Å². The van der Waals surface area contributed by atoms with Crippen molar-refractivity contribution in [3.8, 4) is 0 Å². The van der Waals surface area contributed by atoms with Gasteiger partial charge in [0.05, 0.1) is 12.7 Å². The molecule has 10 nitrogen and oxygen atoms in total. The van der Waals surface area contributed by atoms with Crippen LogP contribution >= 0.6 is 0 Å². The van der Waals surface area contributed by atoms with Crippen molar-refractivity contribution in [3.05, 3.63) is 0 Å². The van der Waals surface area contributed by atoms with Gasteiger partial charge in [-0.1, -0.05) is 0 Å². The van der Waals surface area contributed by atoms with Gasteiger partial charge in [-0.15, -0.1) is 0 Å². The predicted molar refractivity (Wildman–Crippen MR) is 68.5 cm³/mol. The predicted octanol–water partition coefficient (Wildman–Crippen LogP) is -5.14. The average molecular weight is 326 g/mol. The number of hydrogen-bond donors (Lipinski definition) is 8. The van der Waals surface area contributed by atoms with Crippen molar-refractivity contribution in [3.63, 3.8) is 0 Å². The van der Waals surface area contributed by atoms with E-state index >= 15 is 0 Å². The quantitative estimate of drug-likeness (QED) is 0.234. The second kappa shape index (κ2) is 7.73. The van der Waals surface area contributed by atoms with E-state index in [0.29, 0.717) is 0 Å². The lowest BCUT2D eigenvalue weighted by molar-refractivity contribution is -0.231. The van der Waals surface area contributed by atoms with E-state index in [1.807, 2.05) is 0 Å². The fourth-order valence-corrected chi connectivity index (χ4v) is 2.15. The number of aliphatic hydroxyl groups excluding tert-OH is 8. The van der Waals surface area contributed by atoms with Crippen molar-refractivity contribution in [1.29, 1.82) is 0 Å². The van der Waals surface area contributed by atoms with Crippen molar-refractivity contribution >= 4 is 5.78 Å². The molecule has 0 saturated carbocycles. The van der Waals surface area contributed by atoms with Crippen molar-refractivity contribution in [2.75, 3.05) is 6.61 Å². The largest absolute Gasteiger partial charge is 0.394 e. The minimum Gasteiger partial charge on any atom is -0.394 e. The number of ether oxygens (including phenoxy) is 1. The Kier molecular flexibility index (Phi) is 6.80. The highest BCUT2D eigenvalue weighted by Gasteiger charge is 2.49. The smallest absolute Gasteiger partial charge is 0.195 e. The summed E-state index contributed by atoms with van der Waals surface area (Å²) in [5.41, 5.74) is 0. The van der Waals surface area contributed by atoms with E-state index in [4.69, 9.17) is 14.9 Å². The number of rotatable bonds is 6. The third-order valence-electron chi connectivity index (χ3n) is 3.63. The van der Waals surface area contributed by atoms with Crippen LogP contribution in [0.3, 0.4) is 0 Å². The minimum absolute atomic E-state index is 0.760. The molecule has 1 saturated heterocycles. The van der Waals surface area contributed by atoms with E-state index in [1.165, 1.54) is 0 Å². The van der Waals surface area contributed by atoms with Crippen LogP contribution in [0, 0.1) is 0 Å². The first-order valence-electron chi connectivity index (χ1n) is 6.70. The number of hydrogen-bond acceptors (Lipinski definition) is 10. The third-order valence-corrected chi connectivity index (χ3v) is 3.63. The van der Waals surface area contributed by atoms with Crippen molar-refractivity contribution in [2.45, 2.75) is 61.9 Å². The van der Waals surface area contributed by atoms with Gasteiger partial charge in [0, 0.05) is 0 Å². The summed E-state index contributed by atoms with van der Waals surface area (Å²) in [5.74, 6) is -1.27. The van der Waals surface area contributed by atoms with E-state index in [-0.39, 0.29) is 0 Å². The van der Waals surface area contributed by atoms with E-state index in [9.17, 15) is 35.4 Å². The van der Waals surface area contributed by atoms with Gasteiger partial charge < -0.3 is 45.6 Å². The molecule has 0 bridgehead atoms. The fourth-order valence-electron chi connectivity index (χ4n) is 2.15. The molecule has 0 aromatic carbocycles. The Bertz CT molecular complexity index is 373. The molecule has 1 rings (SSSR count). The van der Waals surface area contributed by atoms with Crippen LogP contribution in [-0.2, 0) is 9.53 Å². The van der Waals surface area contributed by atoms with Crippen molar-refractivity contribution in [1.82, 2.24) is 0 Å². The highest BCUT2D eigenvalue weighted by Crippen LogP contribution is 2.23. The summed E-state index contributed by atoms with van der Waals surface area (Å²) in [6.45, 7) is 0.364. The van der Waals surface area contributed by atoms with Gasteiger partial charge in [0.2, 0.25) is 0 Å². The van der Waals surface area contributed by atoms with Gasteiger partial charge >= 0.3 is 0 Å². The number of Topliss-reactive ketones (excluding diaryl/α,β-unsaturated/α-hetero) is 1. The molecule has 10 heteroatoms. The zero-order valence-corrected chi connectivity index (χ0v) is 11.8. The lowest BCUT2D eigenvalue weighted by atomic mass is 9.89. The molecule has 8 N–H and O–H groups in total. The topological polar surface area (TPSA) is 188 Å². The monoisotopic (exact) mass is 326 g/mol. The molecule has 1 aliphatic rings. The Labute approximate surface area is 125 Å². The zero-order valence-electron chi connectivity index (χ0n) is 11.8. The molecule has 9 atom stereocenters. The summed E-state index contributed by atoms with van der Waals surface area (Å²) in [4.78, 5) is 12.0. The molecule has 0 aromatic rings. The molecule has 0 aliphatic carbocycles. The first kappa shape index (κ1) is 19.4. The Morgan fingerprint density at radius 1 is 1.00 bits per heavy atom. The molecule has 0 amide bonds. The summed E-state index contributed by atoms with van der Waals surface area (Å²) < 4.78 is 4.93. The van der Waals surface area contributed by atoms with Gasteiger partial charge in [-0.05, 0) is 6.92 Å². The molecule has 1 aliphatic heterocycles. The number of carbonyl (C=O) groups excluding carboxylic acids is 1. The molecule has 0 spiro atoms. The second-order valence-electron chi connectivity index (χ2n) is 5.32. The SMILES string of the molecule is C[C@H](O)[C@@H](O)[C@@H](O)[C@H](O)C(=O)C1O[C@H](CO)[C@H](O)[C@H](O)[C@H]1O. The van der Waals surface area contributed by atoms with Crippen LogP contribution in [-0.4, -0.2) is 108 Å². The Hall–Kier alpha value is -0.690. The van der Waals surface area contributed by atoms with Crippen molar-refractivity contribution in [2.24, 2.45) is 0 Å². The van der Waals surface area contributed by atoms with Gasteiger partial charge in [-0.2, -0.15) is 0 Å². The lowest BCUT2D eigenvalue weighted by Gasteiger charge is -2.40. The molecule has 1 unspecified atom stereocenters. The maximum absolute atomic E-state index is 12.0. The standard InChI is InChI=1S/C12H22O10/c1-3(14)5(15)7(17)9(19)11(21)12-10(20)8(18)6(16)4(2-13)22-12/h3-10,12-20H,2H2,1H3/t3-,4+,5+,6-,7+,8-,9-,10+,12?/m0/s1. The summed E-state index contributed by atoms with van der Waals surface area (Å²) in [7, 11) is 0. The van der Waals surface area contributed by atoms with Gasteiger partial charge in [0.15, 0.2) is 5.78 Å². The molecule has 130 valence electrons. The molecule has 0 aromatic heterocycles. The van der Waals surface area contributed by atoms with Crippen LogP contribution in [0.1, 0.15) is 6.92 Å². The van der Waals surface area contributed by atoms with Crippen LogP contribution in [0.5, 0.6) is 0 Å². The first-order chi connectivity index (χ1) is 10.1. The summed E-state index contributed by atoms with van der Waals surface area (Å²) >= 11 is 0. The van der Waals surface area contributed by atoms with Crippen LogP contribution in [0.15, 0.2) is 0 Å². The van der Waals surface area contributed by atoms with E-state index in [1.54, 1.807) is 0 Å². The molecular weight excluding hydrogens is 304 g/mol. The first-order valence-corrected chi connectivity index (χ1v) is 6.70. The average Bonchev–Trinajstić information content (AvgIpc) is 2.50. The van der Waals surface area contributed by atoms with Crippen LogP contribution in [0.2, 0.25) is 0 Å². The summed E-state index contributed by atoms with van der Waals surface area (Å²) in [6.07, 6.45) is -16.1. The highest BCUT2D eigenvalue weighted by molar-refractivity contribution is 5.88. The second-order valence-corrected chi connectivity index (χ2v) is 5.32. The van der Waals surface area contributed by atoms with Gasteiger partial charge in [0.25, 0.3) is 0 Å². The molecule has 0 radical (unpaired) electrons. The number of carbonyl (C=O) groups is 1. The number of ketones is 1. The lowest BCUT2D eigenvalue weighted by Crippen LogP contribution is -2.63. The Morgan fingerprint density at radius 2 is 1.55 bits per heavy atom. The zero-order chi connectivity index (χ0) is 17.2. The number of aliphatic hydroxyl groups is 8. The van der Waals surface area contributed by atoms with Crippen molar-refractivity contribution < 1.29 is 50.4 Å². The summed E-state index contributed by atoms with van der Waals surface area (Å²) in [5, 5.41) is 75.7. The molecule has 1 fully saturated rings. The van der Waals surface area contributed by atoms with Gasteiger partial charge in [-0.3, -0.25) is 4.79 Å². The highest BCUT2D eigenvalue weighted by atomic mass is 16.5. The molecule has 1 heterocycles. The minimum atomic E-state index is -2.22. The maximum Gasteiger partial charge on any atom is 0.195 e. The van der Waals surface area contributed by atoms with Crippen LogP contribution < -0.4 is 0 Å². The normalized spacial score (nSPS) is 38.1. The Morgan fingerprint density at radius 3 is 2.00 bits per heavy atom. The summed E-state index contributed by atoms with van der Waals surface area (Å²) in [6, 6.07) is 0. The van der Waals surface area contributed by atoms with Gasteiger partial charge in [0.1, 0.15) is 48.8 Å². The van der Waals surface area contributed by atoms with E-state index in [2.05, 4.69) is 0 Å².